The van der Waals surface area contributed by atoms with Crippen LogP contribution in [0.4, 0.5) is 11.4 Å². The van der Waals surface area contributed by atoms with Crippen molar-refractivity contribution in [3.8, 4) is 11.5 Å². The first-order valence-corrected chi connectivity index (χ1v) is 11.9. The minimum absolute atomic E-state index is 0.0590. The minimum atomic E-state index is -3.84. The highest BCUT2D eigenvalue weighted by atomic mass is 32.2. The Bertz CT molecular complexity index is 1250. The summed E-state index contributed by atoms with van der Waals surface area (Å²) in [5, 5.41) is 2.75. The molecule has 0 spiro atoms. The van der Waals surface area contributed by atoms with Crippen LogP contribution < -0.4 is 19.5 Å². The van der Waals surface area contributed by atoms with Gasteiger partial charge in [0.2, 0.25) is 0 Å². The van der Waals surface area contributed by atoms with Gasteiger partial charge in [0.15, 0.2) is 6.10 Å². The van der Waals surface area contributed by atoms with E-state index >= 15 is 0 Å². The number of aryl methyl sites for hydroxylation is 2. The second kappa shape index (κ2) is 9.95. The van der Waals surface area contributed by atoms with Gasteiger partial charge in [0.05, 0.1) is 17.7 Å². The number of rotatable bonds is 8. The third-order valence-electron chi connectivity index (χ3n) is 5.26. The Morgan fingerprint density at radius 1 is 0.939 bits per heavy atom. The molecule has 0 unspecified atom stereocenters. The highest BCUT2D eigenvalue weighted by Gasteiger charge is 2.19. The van der Waals surface area contributed by atoms with Crippen LogP contribution in [0.1, 0.15) is 23.6 Å². The first-order valence-electron chi connectivity index (χ1n) is 10.4. The average Bonchev–Trinajstić information content (AvgIpc) is 2.77. The van der Waals surface area contributed by atoms with E-state index in [1.165, 1.54) is 31.4 Å². The van der Waals surface area contributed by atoms with E-state index in [9.17, 15) is 13.2 Å². The largest absolute Gasteiger partial charge is 0.495 e. The van der Waals surface area contributed by atoms with Gasteiger partial charge in [-0.15, -0.1) is 0 Å². The fraction of sp³-hybridized carbons (Fsp3) is 0.240. The Kier molecular flexibility index (Phi) is 7.28. The van der Waals surface area contributed by atoms with E-state index in [2.05, 4.69) is 10.0 Å². The molecular weight excluding hydrogens is 440 g/mol. The summed E-state index contributed by atoms with van der Waals surface area (Å²) < 4.78 is 39.2. The van der Waals surface area contributed by atoms with Crippen LogP contribution >= 0.6 is 0 Å². The molecule has 0 aliphatic carbocycles. The molecule has 0 radical (unpaired) electrons. The molecule has 0 heterocycles. The molecule has 1 amide bonds. The maximum atomic E-state index is 12.8. The second-order valence-electron chi connectivity index (χ2n) is 7.78. The number of methoxy groups -OCH3 is 1. The first-order chi connectivity index (χ1) is 15.6. The summed E-state index contributed by atoms with van der Waals surface area (Å²) in [4.78, 5) is 12.6. The standard InChI is InChI=1S/C25H28N2O5S/c1-16-9-14-24(31-5)22(15-16)27-33(29,30)21-12-10-20(11-13-21)26-25(28)19(4)32-23-8-6-7-17(2)18(23)3/h6-15,19,27H,1-5H3,(H,26,28)/t19-/m0/s1. The molecule has 3 aromatic rings. The minimum Gasteiger partial charge on any atom is -0.495 e. The van der Waals surface area contributed by atoms with Crippen molar-refractivity contribution in [1.29, 1.82) is 0 Å². The van der Waals surface area contributed by atoms with Gasteiger partial charge in [-0.05, 0) is 86.8 Å². The van der Waals surface area contributed by atoms with Crippen molar-refractivity contribution < 1.29 is 22.7 Å². The summed E-state index contributed by atoms with van der Waals surface area (Å²) in [7, 11) is -2.36. The fourth-order valence-corrected chi connectivity index (χ4v) is 4.22. The van der Waals surface area contributed by atoms with Crippen molar-refractivity contribution in [1.82, 2.24) is 0 Å². The lowest BCUT2D eigenvalue weighted by atomic mass is 10.1. The molecule has 8 heteroatoms. The molecule has 3 rings (SSSR count). The van der Waals surface area contributed by atoms with E-state index in [0.29, 0.717) is 22.9 Å². The topological polar surface area (TPSA) is 93.7 Å². The lowest BCUT2D eigenvalue weighted by molar-refractivity contribution is -0.122. The maximum Gasteiger partial charge on any atom is 0.265 e. The van der Waals surface area contributed by atoms with Gasteiger partial charge < -0.3 is 14.8 Å². The molecule has 2 N–H and O–H groups in total. The fourth-order valence-electron chi connectivity index (χ4n) is 3.16. The maximum absolute atomic E-state index is 12.8. The van der Waals surface area contributed by atoms with Crippen molar-refractivity contribution >= 4 is 27.3 Å². The van der Waals surface area contributed by atoms with Gasteiger partial charge in [0.25, 0.3) is 15.9 Å². The van der Waals surface area contributed by atoms with Crippen molar-refractivity contribution in [2.75, 3.05) is 17.1 Å². The molecule has 1 atom stereocenters. The lowest BCUT2D eigenvalue weighted by Gasteiger charge is -2.17. The molecular formula is C25H28N2O5S. The monoisotopic (exact) mass is 468 g/mol. The SMILES string of the molecule is COc1ccc(C)cc1NS(=O)(=O)c1ccc(NC(=O)[C@H](C)Oc2cccc(C)c2C)cc1. The molecule has 0 aromatic heterocycles. The Labute approximate surface area is 194 Å². The predicted molar refractivity (Wildman–Crippen MR) is 130 cm³/mol. The number of nitrogens with one attached hydrogen (secondary N) is 2. The number of ether oxygens (including phenoxy) is 2. The number of benzene rings is 3. The first kappa shape index (κ1) is 24.1. The van der Waals surface area contributed by atoms with Gasteiger partial charge in [0.1, 0.15) is 11.5 Å². The number of carbonyl (C=O) groups is 1. The predicted octanol–water partition coefficient (Wildman–Crippen LogP) is 4.83. The average molecular weight is 469 g/mol. The molecule has 174 valence electrons. The van der Waals surface area contributed by atoms with Gasteiger partial charge in [0, 0.05) is 5.69 Å². The Hall–Kier alpha value is -3.52. The van der Waals surface area contributed by atoms with Gasteiger partial charge in [-0.2, -0.15) is 0 Å². The van der Waals surface area contributed by atoms with Gasteiger partial charge in [-0.3, -0.25) is 9.52 Å². The van der Waals surface area contributed by atoms with Crippen LogP contribution in [0.15, 0.2) is 65.6 Å². The van der Waals surface area contributed by atoms with Crippen molar-refractivity contribution in [3.05, 3.63) is 77.4 Å². The van der Waals surface area contributed by atoms with E-state index < -0.39 is 16.1 Å². The van der Waals surface area contributed by atoms with Crippen LogP contribution in [-0.2, 0) is 14.8 Å². The lowest BCUT2D eigenvalue weighted by Crippen LogP contribution is -2.30. The van der Waals surface area contributed by atoms with Gasteiger partial charge in [-0.1, -0.05) is 18.2 Å². The zero-order chi connectivity index (χ0) is 24.2. The van der Waals surface area contributed by atoms with E-state index in [4.69, 9.17) is 9.47 Å². The van der Waals surface area contributed by atoms with E-state index in [0.717, 1.165) is 16.7 Å². The van der Waals surface area contributed by atoms with E-state index in [1.807, 2.05) is 45.0 Å². The molecule has 33 heavy (non-hydrogen) atoms. The van der Waals surface area contributed by atoms with Crippen LogP contribution in [0.3, 0.4) is 0 Å². The molecule has 0 fully saturated rings. The number of sulfonamides is 1. The van der Waals surface area contributed by atoms with Crippen LogP contribution in [0, 0.1) is 20.8 Å². The van der Waals surface area contributed by atoms with Crippen molar-refractivity contribution in [2.24, 2.45) is 0 Å². The van der Waals surface area contributed by atoms with E-state index in [-0.39, 0.29) is 10.8 Å². The normalized spacial score (nSPS) is 12.0. The molecule has 3 aromatic carbocycles. The Balaban J connectivity index is 1.68. The molecule has 0 saturated heterocycles. The van der Waals surface area contributed by atoms with Crippen molar-refractivity contribution in [2.45, 2.75) is 38.7 Å². The smallest absolute Gasteiger partial charge is 0.265 e. The Morgan fingerprint density at radius 2 is 1.64 bits per heavy atom. The van der Waals surface area contributed by atoms with Gasteiger partial charge >= 0.3 is 0 Å². The molecule has 0 aliphatic rings. The summed E-state index contributed by atoms with van der Waals surface area (Å²) in [5.74, 6) is 0.733. The summed E-state index contributed by atoms with van der Waals surface area (Å²) in [5.41, 5.74) is 3.76. The zero-order valence-electron chi connectivity index (χ0n) is 19.3. The highest BCUT2D eigenvalue weighted by molar-refractivity contribution is 7.92. The second-order valence-corrected chi connectivity index (χ2v) is 9.46. The van der Waals surface area contributed by atoms with Crippen LogP contribution in [-0.4, -0.2) is 27.5 Å². The van der Waals surface area contributed by atoms with E-state index in [1.54, 1.807) is 19.1 Å². The third-order valence-corrected chi connectivity index (χ3v) is 6.64. The zero-order valence-corrected chi connectivity index (χ0v) is 20.1. The Morgan fingerprint density at radius 3 is 2.30 bits per heavy atom. The molecule has 0 bridgehead atoms. The van der Waals surface area contributed by atoms with Gasteiger partial charge in [-0.25, -0.2) is 8.42 Å². The van der Waals surface area contributed by atoms with Crippen molar-refractivity contribution in [3.63, 3.8) is 0 Å². The van der Waals surface area contributed by atoms with Crippen LogP contribution in [0.25, 0.3) is 0 Å². The highest BCUT2D eigenvalue weighted by Crippen LogP contribution is 2.28. The van der Waals surface area contributed by atoms with Crippen LogP contribution in [0.5, 0.6) is 11.5 Å². The summed E-state index contributed by atoms with van der Waals surface area (Å²) in [6.45, 7) is 7.44. The number of hydrogen-bond acceptors (Lipinski definition) is 5. The summed E-state index contributed by atoms with van der Waals surface area (Å²) >= 11 is 0. The summed E-state index contributed by atoms with van der Waals surface area (Å²) in [6, 6.07) is 16.8. The summed E-state index contributed by atoms with van der Waals surface area (Å²) in [6.07, 6.45) is -0.732. The quantitative estimate of drug-likeness (QED) is 0.494. The number of anilines is 2. The number of hydrogen-bond donors (Lipinski definition) is 2. The molecule has 0 saturated carbocycles. The number of amides is 1. The third kappa shape index (κ3) is 5.84. The number of carbonyl (C=O) groups excluding carboxylic acids is 1. The van der Waals surface area contributed by atoms with Crippen LogP contribution in [0.2, 0.25) is 0 Å². The molecule has 7 nitrogen and oxygen atoms in total. The molecule has 0 aliphatic heterocycles.